The number of nitrogens with zero attached hydrogens (tertiary/aromatic N) is 1. The molecule has 0 unspecified atom stereocenters. The summed E-state index contributed by atoms with van der Waals surface area (Å²) in [5.41, 5.74) is 6.09. The van der Waals surface area contributed by atoms with Crippen LogP contribution in [0.2, 0.25) is 0 Å². The van der Waals surface area contributed by atoms with Gasteiger partial charge in [-0.2, -0.15) is 0 Å². The minimum Gasteiger partial charge on any atom is -0.481 e. The molecule has 1 saturated heterocycles. The lowest BCUT2D eigenvalue weighted by Crippen LogP contribution is -2.59. The van der Waals surface area contributed by atoms with Crippen LogP contribution < -0.4 is 53.6 Å². The molecule has 2 aromatic rings. The van der Waals surface area contributed by atoms with Crippen LogP contribution in [-0.2, 0) is 57.5 Å². The number of nitrogens with one attached hydrogen (secondary N) is 9. The van der Waals surface area contributed by atoms with Gasteiger partial charge in [-0.3, -0.25) is 67.1 Å². The molecule has 1 aliphatic heterocycles. The van der Waals surface area contributed by atoms with Gasteiger partial charge in [0.1, 0.15) is 42.3 Å². The fourth-order valence-corrected chi connectivity index (χ4v) is 8.47. The van der Waals surface area contributed by atoms with Crippen molar-refractivity contribution in [2.75, 3.05) is 37.3 Å². The summed E-state index contributed by atoms with van der Waals surface area (Å²) in [6.07, 6.45) is -1.57. The fourth-order valence-electron chi connectivity index (χ4n) is 8.47. The molecule has 422 valence electrons. The average molecular weight is 1090 g/mol. The molecule has 28 nitrogen and oxygen atoms in total. The third-order valence-corrected chi connectivity index (χ3v) is 12.4. The van der Waals surface area contributed by atoms with Crippen molar-refractivity contribution in [1.29, 1.82) is 0 Å². The Hall–Kier alpha value is -8.82. The second kappa shape index (κ2) is 28.4. The van der Waals surface area contributed by atoms with E-state index < -0.39 is 164 Å². The molecule has 28 heteroatoms. The first-order valence-electron chi connectivity index (χ1n) is 24.9. The van der Waals surface area contributed by atoms with Crippen molar-refractivity contribution in [3.8, 4) is 0 Å². The van der Waals surface area contributed by atoms with E-state index in [1.54, 1.807) is 26.0 Å². The van der Waals surface area contributed by atoms with E-state index in [1.807, 2.05) is 0 Å². The van der Waals surface area contributed by atoms with Crippen LogP contribution in [0.5, 0.6) is 0 Å². The number of anilines is 2. The molecule has 0 saturated carbocycles. The zero-order valence-electron chi connectivity index (χ0n) is 43.4. The zero-order chi connectivity index (χ0) is 58.1. The van der Waals surface area contributed by atoms with Gasteiger partial charge in [-0.15, -0.1) is 0 Å². The second-order valence-electron chi connectivity index (χ2n) is 18.9. The summed E-state index contributed by atoms with van der Waals surface area (Å²) in [7, 11) is 0. The number of carbonyl (C=O) groups is 14. The van der Waals surface area contributed by atoms with Crippen LogP contribution in [0.1, 0.15) is 111 Å². The molecule has 14 N–H and O–H groups in total. The van der Waals surface area contributed by atoms with Crippen molar-refractivity contribution in [2.24, 2.45) is 5.92 Å². The number of aliphatic hydroxyl groups is 1. The first-order chi connectivity index (χ1) is 36.8. The van der Waals surface area contributed by atoms with Gasteiger partial charge in [-0.25, -0.2) is 0 Å². The number of aliphatic hydroxyl groups excluding tert-OH is 1. The lowest BCUT2D eigenvalue weighted by Gasteiger charge is -2.31. The smallest absolute Gasteiger partial charge is 0.305 e. The number of ketones is 2. The van der Waals surface area contributed by atoms with Gasteiger partial charge in [0.2, 0.25) is 59.1 Å². The highest BCUT2D eigenvalue weighted by molar-refractivity contribution is 6.32. The number of carboxylic acids is 2. The number of amides is 10. The Bertz CT molecular complexity index is 2700. The number of nitrogens with two attached hydrogens (primary N) is 1. The van der Waals surface area contributed by atoms with Crippen LogP contribution in [0.3, 0.4) is 0 Å². The van der Waals surface area contributed by atoms with Crippen molar-refractivity contribution in [3.05, 3.63) is 58.7 Å². The number of hydrogen-bond donors (Lipinski definition) is 13. The Morgan fingerprint density at radius 2 is 1.26 bits per heavy atom. The van der Waals surface area contributed by atoms with Gasteiger partial charge in [0, 0.05) is 36.7 Å². The molecule has 2 aliphatic rings. The SMILES string of the molecule is CC[C@H](NC(=O)[C@H](C)NC(=O)[C@H](CC(C)C)NC(=O)[C@@H]1CCCN1C(=O)[C@H](CCC(=O)O)NC(=O)[C@H](CC(=O)O)NC(C)=O)C(=O)N[C@@H](CO)C(=O)NCC(=O)NCC(=O)Nc1ccc(N)c2c1C(=O)c1ccccc1C2=O. The van der Waals surface area contributed by atoms with Crippen molar-refractivity contribution in [2.45, 2.75) is 122 Å². The average Bonchev–Trinajstić information content (AvgIpc) is 4.04. The minimum absolute atomic E-state index is 0.0165. The number of aliphatic carboxylic acids is 2. The summed E-state index contributed by atoms with van der Waals surface area (Å²) in [6.45, 7) is 4.98. The zero-order valence-corrected chi connectivity index (χ0v) is 43.4. The van der Waals surface area contributed by atoms with Crippen molar-refractivity contribution in [1.82, 2.24) is 47.4 Å². The summed E-state index contributed by atoms with van der Waals surface area (Å²) >= 11 is 0. The minimum atomic E-state index is -1.63. The predicted molar refractivity (Wildman–Crippen MR) is 272 cm³/mol. The van der Waals surface area contributed by atoms with Crippen LogP contribution in [0, 0.1) is 5.92 Å². The van der Waals surface area contributed by atoms with Crippen molar-refractivity contribution >= 4 is 94.0 Å². The second-order valence-corrected chi connectivity index (χ2v) is 18.9. The van der Waals surface area contributed by atoms with E-state index in [9.17, 15) is 82.4 Å². The molecular formula is C50H65N11O17. The molecule has 0 bridgehead atoms. The molecule has 1 heterocycles. The van der Waals surface area contributed by atoms with E-state index in [0.717, 1.165) is 11.8 Å². The third-order valence-electron chi connectivity index (χ3n) is 12.4. The van der Waals surface area contributed by atoms with Crippen LogP contribution in [0.15, 0.2) is 36.4 Å². The van der Waals surface area contributed by atoms with Gasteiger partial charge < -0.3 is 73.8 Å². The van der Waals surface area contributed by atoms with E-state index in [1.165, 1.54) is 38.1 Å². The Morgan fingerprint density at radius 1 is 0.667 bits per heavy atom. The number of carbonyl (C=O) groups excluding carboxylic acids is 12. The number of rotatable bonds is 27. The summed E-state index contributed by atoms with van der Waals surface area (Å²) in [6, 6.07) is -1.18. The van der Waals surface area contributed by atoms with E-state index in [2.05, 4.69) is 47.9 Å². The number of likely N-dealkylation sites (tertiary alicyclic amines) is 1. The fraction of sp³-hybridized carbons (Fsp3) is 0.480. The van der Waals surface area contributed by atoms with Gasteiger partial charge in [0.05, 0.1) is 42.9 Å². The number of carboxylic acid groups (broad SMARTS) is 2. The summed E-state index contributed by atoms with van der Waals surface area (Å²) in [5.74, 6) is -12.9. The molecule has 7 atom stereocenters. The summed E-state index contributed by atoms with van der Waals surface area (Å²) in [4.78, 5) is 182. The van der Waals surface area contributed by atoms with Crippen molar-refractivity contribution in [3.63, 3.8) is 0 Å². The lowest BCUT2D eigenvalue weighted by molar-refractivity contribution is -0.144. The molecule has 0 aromatic heterocycles. The molecule has 10 amide bonds. The highest BCUT2D eigenvalue weighted by Gasteiger charge is 2.41. The number of benzene rings is 2. The number of fused-ring (bicyclic) bond motifs is 2. The molecule has 0 radical (unpaired) electrons. The molecule has 1 fully saturated rings. The quantitative estimate of drug-likeness (QED) is 0.0337. The number of hydrogen-bond acceptors (Lipinski definition) is 16. The van der Waals surface area contributed by atoms with E-state index in [0.29, 0.717) is 0 Å². The van der Waals surface area contributed by atoms with Crippen LogP contribution >= 0.6 is 0 Å². The van der Waals surface area contributed by atoms with Gasteiger partial charge in [0.15, 0.2) is 11.6 Å². The molecule has 2 aromatic carbocycles. The van der Waals surface area contributed by atoms with Crippen LogP contribution in [0.25, 0.3) is 0 Å². The van der Waals surface area contributed by atoms with E-state index in [4.69, 9.17) is 5.73 Å². The molecular weight excluding hydrogens is 1030 g/mol. The first-order valence-corrected chi connectivity index (χ1v) is 24.9. The highest BCUT2D eigenvalue weighted by atomic mass is 16.4. The van der Waals surface area contributed by atoms with E-state index in [-0.39, 0.29) is 71.8 Å². The van der Waals surface area contributed by atoms with Gasteiger partial charge in [0.25, 0.3) is 0 Å². The largest absolute Gasteiger partial charge is 0.481 e. The standard InChI is InChI=1S/C50H65N11O17/c1-6-29(46(74)60-34(22-62)45(73)53-20-36(64)52-21-37(65)56-30-14-13-28(51)40-41(30)43(71)27-11-8-7-10-26(27)42(40)70)57-44(72)24(4)54-47(75)32(18-23(2)3)59-49(77)35-12-9-17-61(35)50(78)31(15-16-38(66)67)58-48(76)33(19-39(68)69)55-25(5)63/h7-8,10-11,13-14,23-24,29,31-35,62H,6,9,12,15-22,51H2,1-5H3,(H,52,64)(H,53,73)(H,54,75)(H,55,63)(H,56,65)(H,57,72)(H,58,76)(H,59,77)(H,60,74)(H,66,67)(H,68,69)/t24-,29-,31-,32-,33-,34-,35-/m0/s1. The Kier molecular flexibility index (Phi) is 22.4. The highest BCUT2D eigenvalue weighted by Crippen LogP contribution is 2.35. The molecule has 78 heavy (non-hydrogen) atoms. The maximum Gasteiger partial charge on any atom is 0.305 e. The molecule has 0 spiro atoms. The van der Waals surface area contributed by atoms with Gasteiger partial charge >= 0.3 is 11.9 Å². The third kappa shape index (κ3) is 16.8. The number of nitrogen functional groups attached to an aromatic ring is 1. The topological polar surface area (TPSA) is 437 Å². The van der Waals surface area contributed by atoms with E-state index >= 15 is 0 Å². The summed E-state index contributed by atoms with van der Waals surface area (Å²) < 4.78 is 0. The van der Waals surface area contributed by atoms with Gasteiger partial charge in [-0.05, 0) is 57.1 Å². The maximum atomic E-state index is 13.9. The Balaban J connectivity index is 1.30. The Morgan fingerprint density at radius 3 is 1.85 bits per heavy atom. The summed E-state index contributed by atoms with van der Waals surface area (Å²) in [5, 5.41) is 49.8. The van der Waals surface area contributed by atoms with Crippen LogP contribution in [0.4, 0.5) is 11.4 Å². The Labute approximate surface area is 446 Å². The molecule has 1 aliphatic carbocycles. The lowest BCUT2D eigenvalue weighted by atomic mass is 9.82. The van der Waals surface area contributed by atoms with Crippen molar-refractivity contribution < 1.29 is 82.4 Å². The predicted octanol–water partition coefficient (Wildman–Crippen LogP) is -3.06. The van der Waals surface area contributed by atoms with Gasteiger partial charge in [-0.1, -0.05) is 45.0 Å². The van der Waals surface area contributed by atoms with Crippen LogP contribution in [-0.4, -0.2) is 171 Å². The normalized spacial score (nSPS) is 15.8. The maximum absolute atomic E-state index is 13.9. The molecule has 4 rings (SSSR count). The monoisotopic (exact) mass is 1090 g/mol. The first kappa shape index (κ1) is 61.7.